The minimum Gasteiger partial charge on any atom is -0.496 e. The number of halogens is 1. The van der Waals surface area contributed by atoms with E-state index in [1.165, 1.54) is 12.1 Å². The Labute approximate surface area is 218 Å². The number of carbonyl (C=O) groups is 1. The number of nitrogens with zero attached hydrogens (tertiary/aromatic N) is 1. The number of likely N-dealkylation sites (N-methyl/N-ethyl adjacent to an activating group) is 1. The van der Waals surface area contributed by atoms with Gasteiger partial charge in [0.15, 0.2) is 0 Å². The molecule has 1 aliphatic rings. The van der Waals surface area contributed by atoms with E-state index in [1.54, 1.807) is 25.1 Å². The van der Waals surface area contributed by atoms with Crippen LogP contribution < -0.4 is 24.4 Å². The summed E-state index contributed by atoms with van der Waals surface area (Å²) < 4.78 is 31.8. The molecule has 37 heavy (non-hydrogen) atoms. The van der Waals surface area contributed by atoms with Crippen LogP contribution in [0.5, 0.6) is 17.2 Å². The molecule has 196 valence electrons. The van der Waals surface area contributed by atoms with Gasteiger partial charge in [0.25, 0.3) is 5.91 Å². The highest BCUT2D eigenvalue weighted by atomic mass is 19.1. The predicted molar refractivity (Wildman–Crippen MR) is 145 cm³/mol. The van der Waals surface area contributed by atoms with E-state index >= 15 is 0 Å². The molecule has 0 radical (unpaired) electrons. The van der Waals surface area contributed by atoms with E-state index in [4.69, 9.17) is 14.2 Å². The molecule has 6 nitrogen and oxygen atoms in total. The smallest absolute Gasteiger partial charge is 0.251 e. The SMILES string of the molecule is CCCCOc1ccc(-c2ccc3c(c2COc2cc(F)ccc2C)N(C)C(=O)C(C)(C)N3)c(OC)c1. The first kappa shape index (κ1) is 26.3. The Morgan fingerprint density at radius 1 is 1.00 bits per heavy atom. The molecular formula is C30H35FN2O4. The molecule has 0 saturated heterocycles. The normalized spacial score (nSPS) is 14.1. The van der Waals surface area contributed by atoms with Crippen LogP contribution >= 0.6 is 0 Å². The number of nitrogens with one attached hydrogen (secondary N) is 1. The van der Waals surface area contributed by atoms with E-state index in [0.29, 0.717) is 18.1 Å². The summed E-state index contributed by atoms with van der Waals surface area (Å²) in [5.41, 5.74) is 4.10. The van der Waals surface area contributed by atoms with Gasteiger partial charge in [-0.15, -0.1) is 0 Å². The van der Waals surface area contributed by atoms with Gasteiger partial charge in [0, 0.05) is 30.3 Å². The van der Waals surface area contributed by atoms with Crippen LogP contribution in [0.4, 0.5) is 15.8 Å². The van der Waals surface area contributed by atoms with E-state index in [2.05, 4.69) is 12.2 Å². The van der Waals surface area contributed by atoms with Crippen molar-refractivity contribution in [2.75, 3.05) is 31.0 Å². The van der Waals surface area contributed by atoms with Crippen LogP contribution in [0, 0.1) is 12.7 Å². The molecule has 1 N–H and O–H groups in total. The standard InChI is InChI=1S/C30H35FN2O4/c1-7-8-15-36-21-11-12-23(27(17-21)35-6)22-13-14-25-28(33(5)29(34)30(3,4)32-25)24(22)18-37-26-16-20(31)10-9-19(26)2/h9-14,16-17,32H,7-8,15,18H2,1-6H3. The van der Waals surface area contributed by atoms with Gasteiger partial charge in [-0.2, -0.15) is 0 Å². The van der Waals surface area contributed by atoms with Gasteiger partial charge in [-0.3, -0.25) is 4.79 Å². The van der Waals surface area contributed by atoms with Crippen molar-refractivity contribution in [2.45, 2.75) is 52.7 Å². The molecule has 1 amide bonds. The number of rotatable bonds is 9. The number of anilines is 2. The maximum Gasteiger partial charge on any atom is 0.251 e. The molecule has 1 aliphatic heterocycles. The summed E-state index contributed by atoms with van der Waals surface area (Å²) in [5, 5.41) is 3.36. The molecule has 0 bridgehead atoms. The van der Waals surface area contributed by atoms with Gasteiger partial charge in [-0.05, 0) is 62.6 Å². The quantitative estimate of drug-likeness (QED) is 0.326. The fraction of sp³-hybridized carbons (Fsp3) is 0.367. The monoisotopic (exact) mass is 506 g/mol. The Hall–Kier alpha value is -3.74. The highest BCUT2D eigenvalue weighted by Gasteiger charge is 2.38. The Morgan fingerprint density at radius 2 is 1.76 bits per heavy atom. The fourth-order valence-electron chi connectivity index (χ4n) is 4.63. The van der Waals surface area contributed by atoms with Crippen molar-refractivity contribution in [1.29, 1.82) is 0 Å². The first-order valence-electron chi connectivity index (χ1n) is 12.6. The summed E-state index contributed by atoms with van der Waals surface area (Å²) in [6.45, 7) is 8.47. The zero-order valence-corrected chi connectivity index (χ0v) is 22.4. The number of unbranched alkanes of at least 4 members (excludes halogenated alkanes) is 1. The van der Waals surface area contributed by atoms with Gasteiger partial charge < -0.3 is 24.4 Å². The van der Waals surface area contributed by atoms with Gasteiger partial charge in [0.05, 0.1) is 25.1 Å². The number of hydrogen-bond acceptors (Lipinski definition) is 5. The molecule has 1 heterocycles. The summed E-state index contributed by atoms with van der Waals surface area (Å²) in [4.78, 5) is 14.9. The van der Waals surface area contributed by atoms with Crippen LogP contribution in [0.15, 0.2) is 48.5 Å². The van der Waals surface area contributed by atoms with Gasteiger partial charge in [0.2, 0.25) is 0 Å². The van der Waals surface area contributed by atoms with E-state index < -0.39 is 5.54 Å². The Morgan fingerprint density at radius 3 is 2.49 bits per heavy atom. The summed E-state index contributed by atoms with van der Waals surface area (Å²) in [5.74, 6) is 1.40. The van der Waals surface area contributed by atoms with E-state index in [-0.39, 0.29) is 18.3 Å². The number of hydrogen-bond donors (Lipinski definition) is 1. The third-order valence-electron chi connectivity index (χ3n) is 6.66. The van der Waals surface area contributed by atoms with Crippen LogP contribution in [0.2, 0.25) is 0 Å². The van der Waals surface area contributed by atoms with Crippen LogP contribution in [-0.2, 0) is 11.4 Å². The lowest BCUT2D eigenvalue weighted by atomic mass is 9.91. The fourth-order valence-corrected chi connectivity index (χ4v) is 4.63. The Bertz CT molecular complexity index is 1300. The molecule has 0 aliphatic carbocycles. The number of carbonyl (C=O) groups excluding carboxylic acids is 1. The second-order valence-corrected chi connectivity index (χ2v) is 9.86. The van der Waals surface area contributed by atoms with Crippen LogP contribution in [-0.4, -0.2) is 32.2 Å². The summed E-state index contributed by atoms with van der Waals surface area (Å²) in [7, 11) is 3.39. The summed E-state index contributed by atoms with van der Waals surface area (Å²) >= 11 is 0. The van der Waals surface area contributed by atoms with Crippen LogP contribution in [0.1, 0.15) is 44.7 Å². The molecule has 3 aromatic carbocycles. The van der Waals surface area contributed by atoms with Crippen LogP contribution in [0.3, 0.4) is 0 Å². The van der Waals surface area contributed by atoms with E-state index in [9.17, 15) is 9.18 Å². The van der Waals surface area contributed by atoms with Crippen molar-refractivity contribution in [3.63, 3.8) is 0 Å². The Balaban J connectivity index is 1.82. The number of aryl methyl sites for hydroxylation is 1. The lowest BCUT2D eigenvalue weighted by molar-refractivity contribution is -0.121. The molecule has 4 rings (SSSR count). The molecule has 0 unspecified atom stereocenters. The average Bonchev–Trinajstić information content (AvgIpc) is 2.87. The molecule has 0 saturated carbocycles. The van der Waals surface area contributed by atoms with Crippen LogP contribution in [0.25, 0.3) is 11.1 Å². The first-order chi connectivity index (χ1) is 17.7. The molecule has 0 spiro atoms. The second kappa shape index (κ2) is 10.7. The van der Waals surface area contributed by atoms with Crippen molar-refractivity contribution in [1.82, 2.24) is 0 Å². The van der Waals surface area contributed by atoms with E-state index in [1.807, 2.05) is 51.1 Å². The van der Waals surface area contributed by atoms with Gasteiger partial charge in [-0.1, -0.05) is 25.5 Å². The lowest BCUT2D eigenvalue weighted by Gasteiger charge is -2.39. The molecule has 7 heteroatoms. The second-order valence-electron chi connectivity index (χ2n) is 9.86. The zero-order valence-electron chi connectivity index (χ0n) is 22.4. The highest BCUT2D eigenvalue weighted by molar-refractivity contribution is 6.08. The van der Waals surface area contributed by atoms with Crippen molar-refractivity contribution in [3.05, 3.63) is 65.5 Å². The van der Waals surface area contributed by atoms with Gasteiger partial charge in [-0.25, -0.2) is 4.39 Å². The minimum atomic E-state index is -0.754. The van der Waals surface area contributed by atoms with E-state index in [0.717, 1.165) is 52.2 Å². The number of ether oxygens (including phenoxy) is 3. The summed E-state index contributed by atoms with van der Waals surface area (Å²) in [6, 6.07) is 14.2. The van der Waals surface area contributed by atoms with Crippen molar-refractivity contribution in [2.24, 2.45) is 0 Å². The molecule has 0 fully saturated rings. The van der Waals surface area contributed by atoms with Gasteiger partial charge in [0.1, 0.15) is 35.2 Å². The molecule has 0 aromatic heterocycles. The molecule has 0 atom stereocenters. The lowest BCUT2D eigenvalue weighted by Crippen LogP contribution is -2.52. The minimum absolute atomic E-state index is 0.0630. The number of fused-ring (bicyclic) bond motifs is 1. The molecule has 3 aromatic rings. The maximum atomic E-state index is 14.0. The maximum absolute atomic E-state index is 14.0. The third-order valence-corrected chi connectivity index (χ3v) is 6.66. The largest absolute Gasteiger partial charge is 0.496 e. The zero-order chi connectivity index (χ0) is 26.7. The number of methoxy groups -OCH3 is 1. The van der Waals surface area contributed by atoms with Gasteiger partial charge >= 0.3 is 0 Å². The van der Waals surface area contributed by atoms with Crippen molar-refractivity contribution < 1.29 is 23.4 Å². The molecular weight excluding hydrogens is 471 g/mol. The third kappa shape index (κ3) is 5.36. The predicted octanol–water partition coefficient (Wildman–Crippen LogP) is 6.73. The van der Waals surface area contributed by atoms with Crippen molar-refractivity contribution in [3.8, 4) is 28.4 Å². The average molecular weight is 507 g/mol. The Kier molecular flexibility index (Phi) is 7.62. The van der Waals surface area contributed by atoms with Crippen molar-refractivity contribution >= 4 is 17.3 Å². The highest BCUT2D eigenvalue weighted by Crippen LogP contribution is 2.45. The number of amides is 1. The summed E-state index contributed by atoms with van der Waals surface area (Å²) in [6.07, 6.45) is 2.02. The first-order valence-corrected chi connectivity index (χ1v) is 12.6. The number of benzene rings is 3. The topological polar surface area (TPSA) is 60.0 Å².